The molecule has 4 aromatic rings. The van der Waals surface area contributed by atoms with Gasteiger partial charge in [-0.1, -0.05) is 29.8 Å². The maximum Gasteiger partial charge on any atom is 0.209 e. The van der Waals surface area contributed by atoms with Gasteiger partial charge in [0.05, 0.1) is 23.3 Å². The molecule has 26 heavy (non-hydrogen) atoms. The number of nitrogens with zero attached hydrogens (tertiary/aromatic N) is 4. The predicted molar refractivity (Wildman–Crippen MR) is 102 cm³/mol. The van der Waals surface area contributed by atoms with Crippen molar-refractivity contribution in [3.63, 3.8) is 0 Å². The van der Waals surface area contributed by atoms with Gasteiger partial charge in [0.1, 0.15) is 0 Å². The molecule has 2 heterocycles. The Bertz CT molecular complexity index is 1120. The Hall–Kier alpha value is -3.47. The molecule has 0 saturated heterocycles. The zero-order valence-electron chi connectivity index (χ0n) is 14.6. The van der Waals surface area contributed by atoms with Gasteiger partial charge in [-0.15, -0.1) is 0 Å². The van der Waals surface area contributed by atoms with Gasteiger partial charge in [-0.2, -0.15) is 10.2 Å². The molecule has 0 N–H and O–H groups in total. The second-order valence-electron chi connectivity index (χ2n) is 6.28. The Labute approximate surface area is 151 Å². The normalized spacial score (nSPS) is 10.8. The van der Waals surface area contributed by atoms with Crippen LogP contribution in [0.1, 0.15) is 11.1 Å². The fourth-order valence-electron chi connectivity index (χ4n) is 2.87. The SMILES string of the molecule is Cc1ccc(-n2nccc2-c2nn(-c3cccc(C)c3)ccc2=O)cc1. The number of rotatable bonds is 3. The van der Waals surface area contributed by atoms with Crippen LogP contribution in [0.2, 0.25) is 0 Å². The van der Waals surface area contributed by atoms with Gasteiger partial charge in [0.2, 0.25) is 5.43 Å². The van der Waals surface area contributed by atoms with E-state index in [1.807, 2.05) is 68.4 Å². The molecular formula is C21H18N4O. The Kier molecular flexibility index (Phi) is 3.97. The Morgan fingerprint density at radius 2 is 1.65 bits per heavy atom. The minimum Gasteiger partial charge on any atom is -0.287 e. The van der Waals surface area contributed by atoms with Crippen molar-refractivity contribution in [1.82, 2.24) is 19.6 Å². The van der Waals surface area contributed by atoms with E-state index < -0.39 is 0 Å². The van der Waals surface area contributed by atoms with E-state index in [1.54, 1.807) is 21.8 Å². The van der Waals surface area contributed by atoms with Gasteiger partial charge in [0, 0.05) is 12.3 Å². The quantitative estimate of drug-likeness (QED) is 0.570. The van der Waals surface area contributed by atoms with Crippen LogP contribution in [0.5, 0.6) is 0 Å². The van der Waals surface area contributed by atoms with E-state index in [-0.39, 0.29) is 5.43 Å². The summed E-state index contributed by atoms with van der Waals surface area (Å²) in [4.78, 5) is 12.5. The summed E-state index contributed by atoms with van der Waals surface area (Å²) in [5.74, 6) is 0. The molecule has 0 aliphatic heterocycles. The molecule has 5 nitrogen and oxygen atoms in total. The highest BCUT2D eigenvalue weighted by molar-refractivity contribution is 5.57. The molecule has 0 atom stereocenters. The average molecular weight is 342 g/mol. The summed E-state index contributed by atoms with van der Waals surface area (Å²) in [5.41, 5.74) is 5.00. The largest absolute Gasteiger partial charge is 0.287 e. The zero-order chi connectivity index (χ0) is 18.1. The Morgan fingerprint density at radius 3 is 2.42 bits per heavy atom. The van der Waals surface area contributed by atoms with Crippen LogP contribution in [0.4, 0.5) is 0 Å². The summed E-state index contributed by atoms with van der Waals surface area (Å²) >= 11 is 0. The number of aromatic nitrogens is 4. The van der Waals surface area contributed by atoms with E-state index in [0.717, 1.165) is 16.9 Å². The number of benzene rings is 2. The molecule has 5 heteroatoms. The molecule has 4 rings (SSSR count). The molecule has 0 bridgehead atoms. The lowest BCUT2D eigenvalue weighted by atomic mass is 10.2. The molecule has 0 aliphatic carbocycles. The third-order valence-corrected chi connectivity index (χ3v) is 4.24. The van der Waals surface area contributed by atoms with E-state index in [0.29, 0.717) is 11.4 Å². The molecule has 0 radical (unpaired) electrons. The van der Waals surface area contributed by atoms with Gasteiger partial charge >= 0.3 is 0 Å². The fraction of sp³-hybridized carbons (Fsp3) is 0.0952. The summed E-state index contributed by atoms with van der Waals surface area (Å²) in [5, 5.41) is 8.95. The molecule has 0 aliphatic rings. The van der Waals surface area contributed by atoms with E-state index in [4.69, 9.17) is 0 Å². The summed E-state index contributed by atoms with van der Waals surface area (Å²) in [7, 11) is 0. The van der Waals surface area contributed by atoms with E-state index >= 15 is 0 Å². The number of hydrogen-bond donors (Lipinski definition) is 0. The lowest BCUT2D eigenvalue weighted by Crippen LogP contribution is -2.14. The molecule has 0 spiro atoms. The van der Waals surface area contributed by atoms with Crippen LogP contribution in [-0.4, -0.2) is 19.6 Å². The van der Waals surface area contributed by atoms with Crippen molar-refractivity contribution >= 4 is 0 Å². The summed E-state index contributed by atoms with van der Waals surface area (Å²) in [6, 6.07) is 19.3. The minimum atomic E-state index is -0.136. The lowest BCUT2D eigenvalue weighted by molar-refractivity contribution is 0.822. The van der Waals surface area contributed by atoms with Crippen LogP contribution >= 0.6 is 0 Å². The first-order valence-corrected chi connectivity index (χ1v) is 8.40. The van der Waals surface area contributed by atoms with Crippen molar-refractivity contribution in [3.8, 4) is 22.8 Å². The summed E-state index contributed by atoms with van der Waals surface area (Å²) in [6.45, 7) is 4.06. The van der Waals surface area contributed by atoms with Crippen molar-refractivity contribution in [2.45, 2.75) is 13.8 Å². The monoisotopic (exact) mass is 342 g/mol. The lowest BCUT2D eigenvalue weighted by Gasteiger charge is -2.10. The standard InChI is InChI=1S/C21H18N4O/c1-15-6-8-17(9-7-15)25-19(10-12-22-25)21-20(26)11-13-24(23-21)18-5-3-4-16(2)14-18/h3-14H,1-2H3. The van der Waals surface area contributed by atoms with Gasteiger partial charge < -0.3 is 0 Å². The van der Waals surface area contributed by atoms with Gasteiger partial charge in [-0.05, 0) is 49.7 Å². The molecule has 128 valence electrons. The topological polar surface area (TPSA) is 52.7 Å². The van der Waals surface area contributed by atoms with Gasteiger partial charge in [0.15, 0.2) is 5.69 Å². The minimum absolute atomic E-state index is 0.136. The third-order valence-electron chi connectivity index (χ3n) is 4.24. The first-order valence-electron chi connectivity index (χ1n) is 8.40. The molecular weight excluding hydrogens is 324 g/mol. The van der Waals surface area contributed by atoms with Crippen molar-refractivity contribution in [3.05, 3.63) is 94.4 Å². The number of hydrogen-bond acceptors (Lipinski definition) is 3. The molecule has 0 saturated carbocycles. The second-order valence-corrected chi connectivity index (χ2v) is 6.28. The van der Waals surface area contributed by atoms with E-state index in [2.05, 4.69) is 10.2 Å². The molecule has 0 unspecified atom stereocenters. The average Bonchev–Trinajstić information content (AvgIpc) is 3.12. The maximum atomic E-state index is 12.5. The third kappa shape index (κ3) is 2.95. The van der Waals surface area contributed by atoms with Crippen molar-refractivity contribution in [1.29, 1.82) is 0 Å². The van der Waals surface area contributed by atoms with Crippen LogP contribution < -0.4 is 5.43 Å². The van der Waals surface area contributed by atoms with E-state index in [9.17, 15) is 4.79 Å². The molecule has 2 aromatic heterocycles. The fourth-order valence-corrected chi connectivity index (χ4v) is 2.87. The first-order chi connectivity index (χ1) is 12.6. The molecule has 2 aromatic carbocycles. The van der Waals surface area contributed by atoms with Crippen molar-refractivity contribution in [2.24, 2.45) is 0 Å². The second kappa shape index (κ2) is 6.44. The Morgan fingerprint density at radius 1 is 0.846 bits per heavy atom. The highest BCUT2D eigenvalue weighted by Gasteiger charge is 2.13. The highest BCUT2D eigenvalue weighted by atomic mass is 16.1. The smallest absolute Gasteiger partial charge is 0.209 e. The summed E-state index contributed by atoms with van der Waals surface area (Å²) < 4.78 is 3.46. The van der Waals surface area contributed by atoms with Crippen LogP contribution in [-0.2, 0) is 0 Å². The van der Waals surface area contributed by atoms with Crippen LogP contribution in [0, 0.1) is 13.8 Å². The zero-order valence-corrected chi connectivity index (χ0v) is 14.6. The summed E-state index contributed by atoms with van der Waals surface area (Å²) in [6.07, 6.45) is 3.37. The number of aryl methyl sites for hydroxylation is 2. The molecule has 0 amide bonds. The maximum absolute atomic E-state index is 12.5. The Balaban J connectivity index is 1.85. The van der Waals surface area contributed by atoms with Crippen LogP contribution in [0.25, 0.3) is 22.8 Å². The van der Waals surface area contributed by atoms with Crippen LogP contribution in [0.15, 0.2) is 77.9 Å². The van der Waals surface area contributed by atoms with Crippen molar-refractivity contribution in [2.75, 3.05) is 0 Å². The first kappa shape index (κ1) is 16.0. The van der Waals surface area contributed by atoms with Crippen LogP contribution in [0.3, 0.4) is 0 Å². The van der Waals surface area contributed by atoms with Crippen molar-refractivity contribution < 1.29 is 0 Å². The molecule has 0 fully saturated rings. The van der Waals surface area contributed by atoms with E-state index in [1.165, 1.54) is 11.6 Å². The predicted octanol–water partition coefficient (Wildman–Crippen LogP) is 3.70. The highest BCUT2D eigenvalue weighted by Crippen LogP contribution is 2.19. The van der Waals surface area contributed by atoms with Gasteiger partial charge in [-0.3, -0.25) is 4.79 Å². The van der Waals surface area contributed by atoms with Gasteiger partial charge in [0.25, 0.3) is 0 Å². The van der Waals surface area contributed by atoms with Gasteiger partial charge in [-0.25, -0.2) is 9.36 Å².